The molecule has 0 aliphatic carbocycles. The highest BCUT2D eigenvalue weighted by Gasteiger charge is 2.18. The molecule has 1 saturated heterocycles. The Kier molecular flexibility index (Phi) is 4.88. The Morgan fingerprint density at radius 1 is 1.04 bits per heavy atom. The third kappa shape index (κ3) is 3.20. The third-order valence-corrected chi connectivity index (χ3v) is 4.64. The van der Waals surface area contributed by atoms with Crippen molar-refractivity contribution in [3.8, 4) is 28.5 Å². The van der Waals surface area contributed by atoms with Crippen molar-refractivity contribution >= 4 is 16.5 Å². The summed E-state index contributed by atoms with van der Waals surface area (Å²) in [6.45, 7) is 3.25. The van der Waals surface area contributed by atoms with Gasteiger partial charge >= 0.3 is 0 Å². The number of hydrogen-bond donors (Lipinski definition) is 0. The summed E-state index contributed by atoms with van der Waals surface area (Å²) in [7, 11) is 4.82. The molecule has 0 spiro atoms. The smallest absolute Gasteiger partial charge is 0.203 e. The Morgan fingerprint density at radius 3 is 2.26 bits per heavy atom. The summed E-state index contributed by atoms with van der Waals surface area (Å²) in [4.78, 5) is 6.99. The average Bonchev–Trinajstić information content (AvgIpc) is 3.11. The first-order valence-corrected chi connectivity index (χ1v) is 8.23. The van der Waals surface area contributed by atoms with Gasteiger partial charge in [0, 0.05) is 24.0 Å². The zero-order valence-electron chi connectivity index (χ0n) is 13.5. The molecule has 0 amide bonds. The molecule has 124 valence electrons. The standard InChI is InChI=1S/C16H20N2O4S/c1-19-13-8-11(9-14(20-2)15(13)21-3)12-10-23-16(17-12)18-4-6-22-7-5-18/h8-10H,4-7H2,1-3H3. The van der Waals surface area contributed by atoms with Crippen LogP contribution in [0.1, 0.15) is 0 Å². The van der Waals surface area contributed by atoms with E-state index in [1.165, 1.54) is 0 Å². The maximum Gasteiger partial charge on any atom is 0.203 e. The summed E-state index contributed by atoms with van der Waals surface area (Å²) in [5, 5.41) is 3.06. The van der Waals surface area contributed by atoms with E-state index in [1.807, 2.05) is 17.5 Å². The van der Waals surface area contributed by atoms with Gasteiger partial charge in [-0.2, -0.15) is 0 Å². The van der Waals surface area contributed by atoms with E-state index in [9.17, 15) is 0 Å². The SMILES string of the molecule is COc1cc(-c2csc(N3CCOCC3)n2)cc(OC)c1OC. The Balaban J connectivity index is 1.93. The van der Waals surface area contributed by atoms with Crippen molar-refractivity contribution in [2.75, 3.05) is 52.5 Å². The normalized spacial score (nSPS) is 14.7. The molecule has 23 heavy (non-hydrogen) atoms. The summed E-state index contributed by atoms with van der Waals surface area (Å²) in [6.07, 6.45) is 0. The predicted octanol–water partition coefficient (Wildman–Crippen LogP) is 2.67. The van der Waals surface area contributed by atoms with E-state index < -0.39 is 0 Å². The molecule has 1 aromatic carbocycles. The molecule has 0 radical (unpaired) electrons. The Bertz CT molecular complexity index is 643. The lowest BCUT2D eigenvalue weighted by Crippen LogP contribution is -2.36. The highest BCUT2D eigenvalue weighted by molar-refractivity contribution is 7.14. The van der Waals surface area contributed by atoms with Gasteiger partial charge in [-0.05, 0) is 12.1 Å². The van der Waals surface area contributed by atoms with Crippen LogP contribution < -0.4 is 19.1 Å². The van der Waals surface area contributed by atoms with Gasteiger partial charge in [0.25, 0.3) is 0 Å². The second-order valence-corrected chi connectivity index (χ2v) is 5.87. The fraction of sp³-hybridized carbons (Fsp3) is 0.438. The van der Waals surface area contributed by atoms with Crippen LogP contribution in [0.5, 0.6) is 17.2 Å². The lowest BCUT2D eigenvalue weighted by molar-refractivity contribution is 0.122. The quantitative estimate of drug-likeness (QED) is 0.837. The molecule has 1 aliphatic heterocycles. The number of morpholine rings is 1. The first-order chi connectivity index (χ1) is 11.3. The molecule has 2 aromatic rings. The molecule has 0 atom stereocenters. The number of methoxy groups -OCH3 is 3. The van der Waals surface area contributed by atoms with Crippen molar-refractivity contribution in [3.05, 3.63) is 17.5 Å². The van der Waals surface area contributed by atoms with Gasteiger partial charge in [0.2, 0.25) is 5.75 Å². The van der Waals surface area contributed by atoms with E-state index in [4.69, 9.17) is 23.9 Å². The van der Waals surface area contributed by atoms with E-state index in [0.717, 1.165) is 42.7 Å². The molecule has 0 unspecified atom stereocenters. The maximum atomic E-state index is 5.41. The van der Waals surface area contributed by atoms with Gasteiger partial charge in [0.05, 0.1) is 40.2 Å². The van der Waals surface area contributed by atoms with Crippen LogP contribution in [0.15, 0.2) is 17.5 Å². The first kappa shape index (κ1) is 15.9. The minimum Gasteiger partial charge on any atom is -0.493 e. The second-order valence-electron chi connectivity index (χ2n) is 5.03. The number of rotatable bonds is 5. The minimum atomic E-state index is 0.586. The van der Waals surface area contributed by atoms with Crippen LogP contribution in [0.4, 0.5) is 5.13 Å². The van der Waals surface area contributed by atoms with Gasteiger partial charge in [0.1, 0.15) is 0 Å². The van der Waals surface area contributed by atoms with Crippen molar-refractivity contribution in [2.24, 2.45) is 0 Å². The lowest BCUT2D eigenvalue weighted by Gasteiger charge is -2.26. The summed E-state index contributed by atoms with van der Waals surface area (Å²) < 4.78 is 21.6. The molecule has 7 heteroatoms. The van der Waals surface area contributed by atoms with Crippen molar-refractivity contribution in [1.82, 2.24) is 4.98 Å². The number of nitrogens with zero attached hydrogens (tertiary/aromatic N) is 2. The van der Waals surface area contributed by atoms with Crippen LogP contribution in [0.25, 0.3) is 11.3 Å². The third-order valence-electron chi connectivity index (χ3n) is 3.73. The number of thiazole rings is 1. The highest BCUT2D eigenvalue weighted by atomic mass is 32.1. The molecule has 0 N–H and O–H groups in total. The first-order valence-electron chi connectivity index (χ1n) is 7.35. The molecular formula is C16H20N2O4S. The van der Waals surface area contributed by atoms with Crippen LogP contribution in [-0.4, -0.2) is 52.6 Å². The van der Waals surface area contributed by atoms with E-state index in [0.29, 0.717) is 17.2 Å². The van der Waals surface area contributed by atoms with Gasteiger partial charge in [-0.25, -0.2) is 4.98 Å². The van der Waals surface area contributed by atoms with E-state index in [-0.39, 0.29) is 0 Å². The molecule has 1 fully saturated rings. The Labute approximate surface area is 139 Å². The molecule has 2 heterocycles. The summed E-state index contributed by atoms with van der Waals surface area (Å²) >= 11 is 1.63. The van der Waals surface area contributed by atoms with E-state index >= 15 is 0 Å². The largest absolute Gasteiger partial charge is 0.493 e. The van der Waals surface area contributed by atoms with Crippen molar-refractivity contribution in [3.63, 3.8) is 0 Å². The molecule has 6 nitrogen and oxygen atoms in total. The fourth-order valence-electron chi connectivity index (χ4n) is 2.53. The maximum absolute atomic E-state index is 5.41. The van der Waals surface area contributed by atoms with Crippen LogP contribution in [0, 0.1) is 0 Å². The topological polar surface area (TPSA) is 53.1 Å². The fourth-order valence-corrected chi connectivity index (χ4v) is 3.41. The number of hydrogen-bond acceptors (Lipinski definition) is 7. The number of aromatic nitrogens is 1. The second kappa shape index (κ2) is 7.06. The van der Waals surface area contributed by atoms with E-state index in [2.05, 4.69) is 4.90 Å². The zero-order valence-corrected chi connectivity index (χ0v) is 14.3. The zero-order chi connectivity index (χ0) is 16.2. The summed E-state index contributed by atoms with van der Waals surface area (Å²) in [5.74, 6) is 1.84. The van der Waals surface area contributed by atoms with Crippen molar-refractivity contribution < 1.29 is 18.9 Å². The van der Waals surface area contributed by atoms with Crippen LogP contribution in [0.2, 0.25) is 0 Å². The molecular weight excluding hydrogens is 316 g/mol. The lowest BCUT2D eigenvalue weighted by atomic mass is 10.1. The molecule has 0 bridgehead atoms. The molecule has 1 aromatic heterocycles. The van der Waals surface area contributed by atoms with Crippen LogP contribution in [0.3, 0.4) is 0 Å². The molecule has 1 aliphatic rings. The summed E-state index contributed by atoms with van der Waals surface area (Å²) in [5.41, 5.74) is 1.84. The van der Waals surface area contributed by atoms with Gasteiger partial charge < -0.3 is 23.8 Å². The molecule has 3 rings (SSSR count). The summed E-state index contributed by atoms with van der Waals surface area (Å²) in [6, 6.07) is 3.83. The Hall–Kier alpha value is -1.99. The average molecular weight is 336 g/mol. The van der Waals surface area contributed by atoms with Gasteiger partial charge in [-0.1, -0.05) is 0 Å². The monoisotopic (exact) mass is 336 g/mol. The van der Waals surface area contributed by atoms with Crippen LogP contribution >= 0.6 is 11.3 Å². The number of benzene rings is 1. The van der Waals surface area contributed by atoms with Crippen LogP contribution in [-0.2, 0) is 4.74 Å². The van der Waals surface area contributed by atoms with Gasteiger partial charge in [-0.3, -0.25) is 0 Å². The number of anilines is 1. The molecule has 0 saturated carbocycles. The van der Waals surface area contributed by atoms with E-state index in [1.54, 1.807) is 32.7 Å². The van der Waals surface area contributed by atoms with Crippen molar-refractivity contribution in [2.45, 2.75) is 0 Å². The minimum absolute atomic E-state index is 0.586. The van der Waals surface area contributed by atoms with Crippen molar-refractivity contribution in [1.29, 1.82) is 0 Å². The number of ether oxygens (including phenoxy) is 4. The van der Waals surface area contributed by atoms with Gasteiger partial charge in [-0.15, -0.1) is 11.3 Å². The Morgan fingerprint density at radius 2 is 1.70 bits per heavy atom. The predicted molar refractivity (Wildman–Crippen MR) is 90.2 cm³/mol. The highest BCUT2D eigenvalue weighted by Crippen LogP contribution is 2.41. The van der Waals surface area contributed by atoms with Gasteiger partial charge in [0.15, 0.2) is 16.6 Å².